The number of halogens is 2. The van der Waals surface area contributed by atoms with Crippen molar-refractivity contribution in [3.63, 3.8) is 0 Å². The zero-order chi connectivity index (χ0) is 13.1. The van der Waals surface area contributed by atoms with Crippen molar-refractivity contribution in [3.05, 3.63) is 29.8 Å². The zero-order valence-electron chi connectivity index (χ0n) is 9.87. The summed E-state index contributed by atoms with van der Waals surface area (Å²) >= 11 is 0. The number of anilines is 1. The monoisotopic (exact) mass is 256 g/mol. The average Bonchev–Trinajstić information content (AvgIpc) is 2.81. The molecule has 1 heterocycles. The lowest BCUT2D eigenvalue weighted by Gasteiger charge is -2.16. The van der Waals surface area contributed by atoms with E-state index < -0.39 is 11.6 Å². The lowest BCUT2D eigenvalue weighted by atomic mass is 10.0. The number of benzene rings is 1. The minimum Gasteiger partial charge on any atom is -0.379 e. The summed E-state index contributed by atoms with van der Waals surface area (Å²) < 4.78 is 31.3. The Bertz CT molecular complexity index is 454. The van der Waals surface area contributed by atoms with Crippen LogP contribution >= 0.6 is 0 Å². The first kappa shape index (κ1) is 12.9. The third kappa shape index (κ3) is 2.65. The van der Waals surface area contributed by atoms with E-state index in [-0.39, 0.29) is 23.6 Å². The molecular weight excluding hydrogens is 242 g/mol. The fourth-order valence-corrected chi connectivity index (χ4v) is 1.91. The number of hydrogen-bond acceptors (Lipinski definition) is 3. The van der Waals surface area contributed by atoms with E-state index >= 15 is 0 Å². The van der Waals surface area contributed by atoms with E-state index in [1.54, 1.807) is 7.05 Å². The zero-order valence-corrected chi connectivity index (χ0v) is 9.87. The normalized spacial score (nSPS) is 23.1. The summed E-state index contributed by atoms with van der Waals surface area (Å²) in [4.78, 5) is 11.9. The van der Waals surface area contributed by atoms with Crippen molar-refractivity contribution in [3.8, 4) is 0 Å². The molecule has 2 rings (SSSR count). The number of ether oxygens (including phenoxy) is 1. The first-order chi connectivity index (χ1) is 8.61. The first-order valence-corrected chi connectivity index (χ1v) is 5.62. The fourth-order valence-electron chi connectivity index (χ4n) is 1.91. The summed E-state index contributed by atoms with van der Waals surface area (Å²) in [6, 6.07) is 2.94. The molecule has 1 aromatic carbocycles. The third-order valence-electron chi connectivity index (χ3n) is 2.98. The Morgan fingerprint density at radius 1 is 1.39 bits per heavy atom. The SMILES string of the molecule is CNC1COCC1C(=O)Nc1ccc(F)cc1F. The predicted molar refractivity (Wildman–Crippen MR) is 62.1 cm³/mol. The van der Waals surface area contributed by atoms with Gasteiger partial charge in [0.05, 0.1) is 24.8 Å². The Labute approximate surface area is 103 Å². The van der Waals surface area contributed by atoms with Crippen molar-refractivity contribution in [2.24, 2.45) is 5.92 Å². The van der Waals surface area contributed by atoms with Gasteiger partial charge in [-0.2, -0.15) is 0 Å². The van der Waals surface area contributed by atoms with Crippen LogP contribution in [-0.2, 0) is 9.53 Å². The minimum absolute atomic E-state index is 0.0249. The molecule has 18 heavy (non-hydrogen) atoms. The molecule has 0 spiro atoms. The average molecular weight is 256 g/mol. The summed E-state index contributed by atoms with van der Waals surface area (Å²) in [6.45, 7) is 0.737. The number of hydrogen-bond donors (Lipinski definition) is 2. The summed E-state index contributed by atoms with van der Waals surface area (Å²) in [5, 5.41) is 5.41. The standard InChI is InChI=1S/C12H14F2N2O2/c1-15-11-6-18-5-8(11)12(17)16-10-3-2-7(13)4-9(10)14/h2-4,8,11,15H,5-6H2,1H3,(H,16,17). The molecule has 98 valence electrons. The molecule has 0 aliphatic carbocycles. The van der Waals surface area contributed by atoms with Crippen LogP contribution < -0.4 is 10.6 Å². The van der Waals surface area contributed by atoms with Gasteiger partial charge in [-0.25, -0.2) is 8.78 Å². The molecule has 0 bridgehead atoms. The topological polar surface area (TPSA) is 50.4 Å². The van der Waals surface area contributed by atoms with Crippen molar-refractivity contribution in [2.45, 2.75) is 6.04 Å². The number of carbonyl (C=O) groups is 1. The molecule has 0 aromatic heterocycles. The highest BCUT2D eigenvalue weighted by molar-refractivity contribution is 5.93. The second kappa shape index (κ2) is 5.41. The largest absolute Gasteiger partial charge is 0.379 e. The Hall–Kier alpha value is -1.53. The van der Waals surface area contributed by atoms with E-state index in [4.69, 9.17) is 4.74 Å². The van der Waals surface area contributed by atoms with Gasteiger partial charge in [-0.3, -0.25) is 4.79 Å². The molecule has 2 N–H and O–H groups in total. The maximum absolute atomic E-state index is 13.4. The van der Waals surface area contributed by atoms with E-state index in [1.165, 1.54) is 6.07 Å². The number of rotatable bonds is 3. The highest BCUT2D eigenvalue weighted by Crippen LogP contribution is 2.19. The number of carbonyl (C=O) groups excluding carboxylic acids is 1. The molecule has 2 atom stereocenters. The summed E-state index contributed by atoms with van der Waals surface area (Å²) in [5.74, 6) is -2.18. The van der Waals surface area contributed by atoms with Gasteiger partial charge in [-0.15, -0.1) is 0 Å². The van der Waals surface area contributed by atoms with Crippen molar-refractivity contribution < 1.29 is 18.3 Å². The minimum atomic E-state index is -0.789. The van der Waals surface area contributed by atoms with Gasteiger partial charge in [0.25, 0.3) is 0 Å². The second-order valence-corrected chi connectivity index (χ2v) is 4.15. The van der Waals surface area contributed by atoms with Crippen LogP contribution in [0.2, 0.25) is 0 Å². The molecule has 2 unspecified atom stereocenters. The van der Waals surface area contributed by atoms with Gasteiger partial charge >= 0.3 is 0 Å². The third-order valence-corrected chi connectivity index (χ3v) is 2.98. The van der Waals surface area contributed by atoms with Gasteiger partial charge in [-0.1, -0.05) is 0 Å². The molecule has 0 radical (unpaired) electrons. The molecule has 1 aliphatic heterocycles. The van der Waals surface area contributed by atoms with Crippen LogP contribution in [0.1, 0.15) is 0 Å². The molecule has 6 heteroatoms. The molecular formula is C12H14F2N2O2. The van der Waals surface area contributed by atoms with Crippen LogP contribution in [0.5, 0.6) is 0 Å². The van der Waals surface area contributed by atoms with Crippen LogP contribution in [0.15, 0.2) is 18.2 Å². The van der Waals surface area contributed by atoms with Crippen molar-refractivity contribution in [1.82, 2.24) is 5.32 Å². The molecule has 1 aliphatic rings. The van der Waals surface area contributed by atoms with E-state index in [9.17, 15) is 13.6 Å². The number of amides is 1. The number of nitrogens with one attached hydrogen (secondary N) is 2. The highest BCUT2D eigenvalue weighted by Gasteiger charge is 2.33. The van der Waals surface area contributed by atoms with E-state index in [0.717, 1.165) is 12.1 Å². The van der Waals surface area contributed by atoms with E-state index in [1.807, 2.05) is 0 Å². The Morgan fingerprint density at radius 3 is 2.83 bits per heavy atom. The molecule has 0 saturated carbocycles. The quantitative estimate of drug-likeness (QED) is 0.852. The van der Waals surface area contributed by atoms with Gasteiger partial charge in [0.1, 0.15) is 11.6 Å². The van der Waals surface area contributed by atoms with Gasteiger partial charge in [0.15, 0.2) is 0 Å². The fraction of sp³-hybridized carbons (Fsp3) is 0.417. The van der Waals surface area contributed by atoms with Crippen molar-refractivity contribution in [2.75, 3.05) is 25.6 Å². The maximum Gasteiger partial charge on any atom is 0.231 e. The van der Waals surface area contributed by atoms with Crippen LogP contribution in [-0.4, -0.2) is 32.2 Å². The summed E-state index contributed by atoms with van der Waals surface area (Å²) in [6.07, 6.45) is 0. The van der Waals surface area contributed by atoms with Gasteiger partial charge in [0.2, 0.25) is 5.91 Å². The van der Waals surface area contributed by atoms with Gasteiger partial charge < -0.3 is 15.4 Å². The van der Waals surface area contributed by atoms with Crippen LogP contribution in [0.4, 0.5) is 14.5 Å². The van der Waals surface area contributed by atoms with Crippen LogP contribution in [0.3, 0.4) is 0 Å². The molecule has 1 saturated heterocycles. The molecule has 1 amide bonds. The second-order valence-electron chi connectivity index (χ2n) is 4.15. The maximum atomic E-state index is 13.4. The van der Waals surface area contributed by atoms with Crippen LogP contribution in [0.25, 0.3) is 0 Å². The Morgan fingerprint density at radius 2 is 2.17 bits per heavy atom. The highest BCUT2D eigenvalue weighted by atomic mass is 19.1. The van der Waals surface area contributed by atoms with Crippen molar-refractivity contribution in [1.29, 1.82) is 0 Å². The Kier molecular flexibility index (Phi) is 3.88. The summed E-state index contributed by atoms with van der Waals surface area (Å²) in [7, 11) is 1.73. The summed E-state index contributed by atoms with van der Waals surface area (Å²) in [5.41, 5.74) is -0.0249. The number of likely N-dealkylation sites (N-methyl/N-ethyl adjacent to an activating group) is 1. The van der Waals surface area contributed by atoms with E-state index in [2.05, 4.69) is 10.6 Å². The molecule has 4 nitrogen and oxygen atoms in total. The van der Waals surface area contributed by atoms with Gasteiger partial charge in [0, 0.05) is 12.1 Å². The van der Waals surface area contributed by atoms with E-state index in [0.29, 0.717) is 13.2 Å². The van der Waals surface area contributed by atoms with Crippen molar-refractivity contribution >= 4 is 11.6 Å². The first-order valence-electron chi connectivity index (χ1n) is 5.62. The Balaban J connectivity index is 2.07. The van der Waals surface area contributed by atoms with Crippen LogP contribution in [0, 0.1) is 17.6 Å². The smallest absolute Gasteiger partial charge is 0.231 e. The molecule has 1 fully saturated rings. The predicted octanol–water partition coefficient (Wildman–Crippen LogP) is 1.14. The van der Waals surface area contributed by atoms with Gasteiger partial charge in [-0.05, 0) is 19.2 Å². The lowest BCUT2D eigenvalue weighted by Crippen LogP contribution is -2.39. The molecule has 1 aromatic rings. The lowest BCUT2D eigenvalue weighted by molar-refractivity contribution is -0.120.